The number of Topliss-reactive ketones (excluding diaryl/α,β-unsaturated/α-hetero) is 1. The summed E-state index contributed by atoms with van der Waals surface area (Å²) in [6.45, 7) is 5.05. The van der Waals surface area contributed by atoms with Crippen LogP contribution in [0, 0.1) is 13.8 Å². The molecule has 3 heteroatoms. The summed E-state index contributed by atoms with van der Waals surface area (Å²) >= 11 is 0. The predicted octanol–water partition coefficient (Wildman–Crippen LogP) is 3.21. The number of hydrogen-bond donors (Lipinski definition) is 0. The lowest BCUT2D eigenvalue weighted by Crippen LogP contribution is -2.25. The molecule has 2 aromatic rings. The van der Waals surface area contributed by atoms with E-state index in [1.807, 2.05) is 56.1 Å². The Balaban J connectivity index is 2.00. The fraction of sp³-hybridized carbons (Fsp3) is 0.312. The predicted molar refractivity (Wildman–Crippen MR) is 75.3 cm³/mol. The van der Waals surface area contributed by atoms with Crippen LogP contribution in [0.25, 0.3) is 0 Å². The topological polar surface area (TPSA) is 33.5 Å². The fourth-order valence-corrected chi connectivity index (χ4v) is 2.18. The summed E-state index contributed by atoms with van der Waals surface area (Å²) in [5.41, 5.74) is 3.02. The molecule has 1 aromatic heterocycles. The number of furan rings is 1. The van der Waals surface area contributed by atoms with Crippen LogP contribution in [-0.4, -0.2) is 24.3 Å². The van der Waals surface area contributed by atoms with Crippen molar-refractivity contribution in [3.05, 3.63) is 59.0 Å². The molecule has 3 nitrogen and oxygen atoms in total. The summed E-state index contributed by atoms with van der Waals surface area (Å²) in [5.74, 6) is 1.02. The van der Waals surface area contributed by atoms with Crippen LogP contribution in [0.4, 0.5) is 0 Å². The molecule has 100 valence electrons. The van der Waals surface area contributed by atoms with Gasteiger partial charge in [0.25, 0.3) is 0 Å². The van der Waals surface area contributed by atoms with E-state index in [2.05, 4.69) is 0 Å². The second kappa shape index (κ2) is 5.85. The summed E-state index contributed by atoms with van der Waals surface area (Å²) in [7, 11) is 1.92. The maximum Gasteiger partial charge on any atom is 0.177 e. The molecule has 0 aliphatic carbocycles. The third-order valence-corrected chi connectivity index (χ3v) is 3.10. The maximum atomic E-state index is 12.2. The van der Waals surface area contributed by atoms with Crippen molar-refractivity contribution in [3.63, 3.8) is 0 Å². The van der Waals surface area contributed by atoms with Crippen LogP contribution in [0.2, 0.25) is 0 Å². The summed E-state index contributed by atoms with van der Waals surface area (Å²) in [6, 6.07) is 9.70. The lowest BCUT2D eigenvalue weighted by atomic mass is 10.0. The lowest BCUT2D eigenvalue weighted by Gasteiger charge is -2.15. The van der Waals surface area contributed by atoms with Crippen LogP contribution in [0.5, 0.6) is 0 Å². The third-order valence-electron chi connectivity index (χ3n) is 3.10. The SMILES string of the molecule is Cc1ccc(C(=O)CN(C)Cc2ccco2)c(C)c1. The minimum Gasteiger partial charge on any atom is -0.468 e. The van der Waals surface area contributed by atoms with Crippen molar-refractivity contribution in [3.8, 4) is 0 Å². The molecule has 0 amide bonds. The number of benzene rings is 1. The van der Waals surface area contributed by atoms with E-state index in [-0.39, 0.29) is 5.78 Å². The molecule has 19 heavy (non-hydrogen) atoms. The molecular weight excluding hydrogens is 238 g/mol. The molecule has 0 N–H and O–H groups in total. The molecule has 0 bridgehead atoms. The van der Waals surface area contributed by atoms with Gasteiger partial charge in [-0.25, -0.2) is 0 Å². The van der Waals surface area contributed by atoms with E-state index in [1.54, 1.807) is 6.26 Å². The summed E-state index contributed by atoms with van der Waals surface area (Å²) < 4.78 is 5.28. The van der Waals surface area contributed by atoms with Gasteiger partial charge in [-0.15, -0.1) is 0 Å². The van der Waals surface area contributed by atoms with Crippen LogP contribution in [0.3, 0.4) is 0 Å². The Kier molecular flexibility index (Phi) is 4.17. The van der Waals surface area contributed by atoms with E-state index in [1.165, 1.54) is 5.56 Å². The van der Waals surface area contributed by atoms with Gasteiger partial charge in [0, 0.05) is 5.56 Å². The number of carbonyl (C=O) groups excluding carboxylic acids is 1. The number of nitrogens with zero attached hydrogens (tertiary/aromatic N) is 1. The molecule has 0 saturated heterocycles. The number of ketones is 1. The van der Waals surface area contributed by atoms with Crippen LogP contribution in [0.1, 0.15) is 27.2 Å². The normalized spacial score (nSPS) is 10.9. The van der Waals surface area contributed by atoms with Crippen molar-refractivity contribution in [1.82, 2.24) is 4.90 Å². The average Bonchev–Trinajstić information content (AvgIpc) is 2.81. The van der Waals surface area contributed by atoms with Gasteiger partial charge in [0.15, 0.2) is 5.78 Å². The molecule has 0 aliphatic heterocycles. The second-order valence-electron chi connectivity index (χ2n) is 4.99. The number of carbonyl (C=O) groups is 1. The van der Waals surface area contributed by atoms with E-state index >= 15 is 0 Å². The molecule has 0 unspecified atom stereocenters. The first kappa shape index (κ1) is 13.6. The van der Waals surface area contributed by atoms with E-state index in [9.17, 15) is 4.79 Å². The Morgan fingerprint density at radius 2 is 2.05 bits per heavy atom. The van der Waals surface area contributed by atoms with Crippen LogP contribution in [-0.2, 0) is 6.54 Å². The van der Waals surface area contributed by atoms with Crippen LogP contribution in [0.15, 0.2) is 41.0 Å². The summed E-state index contributed by atoms with van der Waals surface area (Å²) in [4.78, 5) is 14.2. The number of aryl methyl sites for hydroxylation is 2. The zero-order valence-electron chi connectivity index (χ0n) is 11.6. The monoisotopic (exact) mass is 257 g/mol. The molecular formula is C16H19NO2. The van der Waals surface area contributed by atoms with E-state index in [0.717, 1.165) is 16.9 Å². The highest BCUT2D eigenvalue weighted by atomic mass is 16.3. The summed E-state index contributed by atoms with van der Waals surface area (Å²) in [5, 5.41) is 0. The van der Waals surface area contributed by atoms with Crippen molar-refractivity contribution in [1.29, 1.82) is 0 Å². The smallest absolute Gasteiger partial charge is 0.177 e. The molecule has 0 aliphatic rings. The molecule has 0 saturated carbocycles. The van der Waals surface area contributed by atoms with Crippen molar-refractivity contribution in [2.75, 3.05) is 13.6 Å². The van der Waals surface area contributed by atoms with E-state index in [0.29, 0.717) is 13.1 Å². The Morgan fingerprint density at radius 3 is 2.68 bits per heavy atom. The molecule has 2 rings (SSSR count). The third kappa shape index (κ3) is 3.55. The van der Waals surface area contributed by atoms with E-state index in [4.69, 9.17) is 4.42 Å². The van der Waals surface area contributed by atoms with Gasteiger partial charge in [-0.05, 0) is 38.6 Å². The zero-order chi connectivity index (χ0) is 13.8. The molecule has 0 radical (unpaired) electrons. The molecule has 0 atom stereocenters. The van der Waals surface area contributed by atoms with Gasteiger partial charge >= 0.3 is 0 Å². The first-order chi connectivity index (χ1) is 9.06. The largest absolute Gasteiger partial charge is 0.468 e. The van der Waals surface area contributed by atoms with Crippen molar-refractivity contribution >= 4 is 5.78 Å². The molecule has 0 fully saturated rings. The molecule has 0 spiro atoms. The number of hydrogen-bond acceptors (Lipinski definition) is 3. The van der Waals surface area contributed by atoms with Gasteiger partial charge in [-0.1, -0.05) is 23.8 Å². The summed E-state index contributed by atoms with van der Waals surface area (Å²) in [6.07, 6.45) is 1.65. The Bertz CT molecular complexity index is 558. The Hall–Kier alpha value is -1.87. The number of likely N-dealkylation sites (N-methyl/N-ethyl adjacent to an activating group) is 1. The number of rotatable bonds is 5. The zero-order valence-corrected chi connectivity index (χ0v) is 11.6. The average molecular weight is 257 g/mol. The quantitative estimate of drug-likeness (QED) is 0.771. The minimum absolute atomic E-state index is 0.145. The minimum atomic E-state index is 0.145. The van der Waals surface area contributed by atoms with Crippen molar-refractivity contribution < 1.29 is 9.21 Å². The second-order valence-corrected chi connectivity index (χ2v) is 4.99. The highest BCUT2D eigenvalue weighted by Crippen LogP contribution is 2.12. The Morgan fingerprint density at radius 1 is 1.26 bits per heavy atom. The van der Waals surface area contributed by atoms with Crippen molar-refractivity contribution in [2.24, 2.45) is 0 Å². The first-order valence-corrected chi connectivity index (χ1v) is 6.37. The van der Waals surface area contributed by atoms with Crippen LogP contribution < -0.4 is 0 Å². The lowest BCUT2D eigenvalue weighted by molar-refractivity contribution is 0.0939. The molecule has 1 heterocycles. The highest BCUT2D eigenvalue weighted by molar-refractivity contribution is 5.98. The first-order valence-electron chi connectivity index (χ1n) is 6.37. The van der Waals surface area contributed by atoms with Gasteiger partial charge in [0.2, 0.25) is 0 Å². The maximum absolute atomic E-state index is 12.2. The van der Waals surface area contributed by atoms with E-state index < -0.39 is 0 Å². The fourth-order valence-electron chi connectivity index (χ4n) is 2.18. The molecule has 1 aromatic carbocycles. The van der Waals surface area contributed by atoms with Crippen LogP contribution >= 0.6 is 0 Å². The van der Waals surface area contributed by atoms with Gasteiger partial charge in [0.05, 0.1) is 19.4 Å². The van der Waals surface area contributed by atoms with Crippen molar-refractivity contribution in [2.45, 2.75) is 20.4 Å². The van der Waals surface area contributed by atoms with Gasteiger partial charge in [-0.2, -0.15) is 0 Å². The Labute approximate surface area is 113 Å². The standard InChI is InChI=1S/C16H19NO2/c1-12-6-7-15(13(2)9-12)16(18)11-17(3)10-14-5-4-8-19-14/h4-9H,10-11H2,1-3H3. The van der Waals surface area contributed by atoms with Gasteiger partial charge < -0.3 is 4.42 Å². The van der Waals surface area contributed by atoms with Gasteiger partial charge in [0.1, 0.15) is 5.76 Å². The highest BCUT2D eigenvalue weighted by Gasteiger charge is 2.12. The van der Waals surface area contributed by atoms with Gasteiger partial charge in [-0.3, -0.25) is 9.69 Å².